The van der Waals surface area contributed by atoms with Crippen molar-refractivity contribution in [2.45, 2.75) is 105 Å². The summed E-state index contributed by atoms with van der Waals surface area (Å²) in [5, 5.41) is 2.97. The molecule has 2 aliphatic rings. The normalized spacial score (nSPS) is 16.3. The number of allylic oxidation sites excluding steroid dienone is 8. The minimum atomic E-state index is -4.37. The van der Waals surface area contributed by atoms with E-state index in [0.717, 1.165) is 35.8 Å². The molecule has 0 amide bonds. The molecule has 0 aromatic heterocycles. The van der Waals surface area contributed by atoms with Crippen molar-refractivity contribution in [3.8, 4) is 23.0 Å². The van der Waals surface area contributed by atoms with Gasteiger partial charge in [-0.1, -0.05) is 0 Å². The molecule has 0 spiro atoms. The predicted octanol–water partition coefficient (Wildman–Crippen LogP) is 10.7. The van der Waals surface area contributed by atoms with Gasteiger partial charge in [0.15, 0.2) is 0 Å². The van der Waals surface area contributed by atoms with Crippen LogP contribution in [0.2, 0.25) is 39.3 Å². The molecule has 43 heavy (non-hydrogen) atoms. The van der Waals surface area contributed by atoms with Crippen LogP contribution >= 0.6 is 0 Å². The van der Waals surface area contributed by atoms with Gasteiger partial charge < -0.3 is 0 Å². The van der Waals surface area contributed by atoms with E-state index < -0.39 is 37.3 Å². The van der Waals surface area contributed by atoms with Crippen molar-refractivity contribution in [3.63, 3.8) is 0 Å². The molecule has 0 saturated carbocycles. The second-order valence-corrected chi connectivity index (χ2v) is 32.8. The molecule has 232 valence electrons. The molecule has 4 rings (SSSR count). The van der Waals surface area contributed by atoms with Gasteiger partial charge in [-0.2, -0.15) is 0 Å². The summed E-state index contributed by atoms with van der Waals surface area (Å²) < 4.78 is 30.1. The van der Waals surface area contributed by atoms with Gasteiger partial charge in [-0.05, 0) is 0 Å². The molecule has 0 aliphatic heterocycles. The monoisotopic (exact) mass is 694 g/mol. The SMILES string of the molecule is CC(C)(C)Oc1ccc([O][Zr]([O]c2ccc(OC(C)(C)C)cc2)([C]2=C([Si](C)(C)C)C=CC2)[C]2=C([Si](C)(C)C)C=CC2)cc1. The van der Waals surface area contributed by atoms with Gasteiger partial charge in [0.2, 0.25) is 0 Å². The van der Waals surface area contributed by atoms with Crippen molar-refractivity contribution in [3.05, 3.63) is 89.8 Å². The van der Waals surface area contributed by atoms with Crippen LogP contribution in [-0.4, -0.2) is 27.3 Å². The number of hydrogen-bond donors (Lipinski definition) is 0. The molecular weight excluding hydrogens is 644 g/mol. The third kappa shape index (κ3) is 8.55. The van der Waals surface area contributed by atoms with Gasteiger partial charge in [-0.3, -0.25) is 0 Å². The van der Waals surface area contributed by atoms with E-state index in [9.17, 15) is 0 Å². The van der Waals surface area contributed by atoms with Crippen LogP contribution in [0, 0.1) is 0 Å². The van der Waals surface area contributed by atoms with Gasteiger partial charge in [-0.15, -0.1) is 0 Å². The predicted molar refractivity (Wildman–Crippen MR) is 183 cm³/mol. The first-order valence-corrected chi connectivity index (χ1v) is 27.0. The zero-order valence-electron chi connectivity index (χ0n) is 28.5. The van der Waals surface area contributed by atoms with Gasteiger partial charge >= 0.3 is 270 Å². The first kappa shape index (κ1) is 33.8. The number of hydrogen-bond acceptors (Lipinski definition) is 4. The molecule has 2 aromatic rings. The Morgan fingerprint density at radius 3 is 1.09 bits per heavy atom. The Hall–Kier alpha value is -2.08. The maximum absolute atomic E-state index is 7.47. The van der Waals surface area contributed by atoms with Crippen LogP contribution in [0.1, 0.15) is 54.4 Å². The molecule has 4 nitrogen and oxygen atoms in total. The van der Waals surface area contributed by atoms with Crippen molar-refractivity contribution < 1.29 is 36.2 Å². The maximum atomic E-state index is 7.47. The van der Waals surface area contributed by atoms with Crippen LogP contribution in [0.15, 0.2) is 89.8 Å². The molecule has 2 aliphatic carbocycles. The summed E-state index contributed by atoms with van der Waals surface area (Å²) in [6, 6.07) is 16.3. The Morgan fingerprint density at radius 2 is 0.814 bits per heavy atom. The molecule has 0 radical (unpaired) electrons. The van der Waals surface area contributed by atoms with Crippen molar-refractivity contribution >= 4 is 16.1 Å². The van der Waals surface area contributed by atoms with E-state index in [2.05, 4.69) is 129 Å². The summed E-state index contributed by atoms with van der Waals surface area (Å²) in [7, 11) is -3.42. The number of ether oxygens (including phenoxy) is 2. The molecule has 0 bridgehead atoms. The molecule has 0 fully saturated rings. The Kier molecular flexibility index (Phi) is 9.72. The Bertz CT molecular complexity index is 1310. The van der Waals surface area contributed by atoms with Gasteiger partial charge in [0.25, 0.3) is 0 Å². The van der Waals surface area contributed by atoms with Crippen LogP contribution in [0.25, 0.3) is 0 Å². The Balaban J connectivity index is 1.92. The third-order valence-electron chi connectivity index (χ3n) is 7.29. The topological polar surface area (TPSA) is 36.9 Å². The van der Waals surface area contributed by atoms with Crippen LogP contribution < -0.4 is 15.1 Å². The van der Waals surface area contributed by atoms with Gasteiger partial charge in [0, 0.05) is 0 Å². The molecule has 0 heterocycles. The Morgan fingerprint density at radius 1 is 0.512 bits per heavy atom. The van der Waals surface area contributed by atoms with E-state index >= 15 is 0 Å². The van der Waals surface area contributed by atoms with E-state index in [0.29, 0.717) is 0 Å². The summed E-state index contributed by atoms with van der Waals surface area (Å²) in [6.45, 7) is 27.0. The molecule has 7 heteroatoms. The van der Waals surface area contributed by atoms with Crippen LogP contribution in [0.3, 0.4) is 0 Å². The third-order valence-corrected chi connectivity index (χ3v) is 21.5. The Labute approximate surface area is 268 Å². The summed E-state index contributed by atoms with van der Waals surface area (Å²) in [5.41, 5.74) is -0.535. The summed E-state index contributed by atoms with van der Waals surface area (Å²) in [6.07, 6.45) is 11.2. The van der Waals surface area contributed by atoms with E-state index in [1.807, 2.05) is 24.3 Å². The standard InChI is InChI=1S/2C10H14O2.2C8H13Si.Zr/c2*1-10(2,3)12-9-6-4-8(11)5-7-9;2*1-9(2,3)8-6-4-5-7-8;/h2*4-7,11H,1-3H3;2*4,6H,5H2,1-3H3;/q;;;;+2/p-2. The van der Waals surface area contributed by atoms with Crippen molar-refractivity contribution in [1.82, 2.24) is 0 Å². The van der Waals surface area contributed by atoms with Crippen LogP contribution in [0.5, 0.6) is 23.0 Å². The average Bonchev–Trinajstić information content (AvgIpc) is 3.55. The van der Waals surface area contributed by atoms with Crippen LogP contribution in [0.4, 0.5) is 0 Å². The summed E-state index contributed by atoms with van der Waals surface area (Å²) in [5.74, 6) is 3.36. The van der Waals surface area contributed by atoms with Crippen molar-refractivity contribution in [2.75, 3.05) is 0 Å². The fourth-order valence-corrected chi connectivity index (χ4v) is 25.0. The average molecular weight is 696 g/mol. The second kappa shape index (κ2) is 12.4. The number of rotatable bonds is 10. The molecule has 0 saturated heterocycles. The zero-order chi connectivity index (χ0) is 31.8. The van der Waals surface area contributed by atoms with E-state index in [4.69, 9.17) is 15.1 Å². The first-order chi connectivity index (χ1) is 19.8. The quantitative estimate of drug-likeness (QED) is 0.232. The summed E-state index contributed by atoms with van der Waals surface area (Å²) in [4.78, 5) is 0. The second-order valence-electron chi connectivity index (χ2n) is 15.7. The molecule has 0 unspecified atom stereocenters. The molecule has 2 aromatic carbocycles. The minimum absolute atomic E-state index is 0.267. The zero-order valence-corrected chi connectivity index (χ0v) is 32.9. The van der Waals surface area contributed by atoms with Gasteiger partial charge in [0.1, 0.15) is 0 Å². The fraction of sp³-hybridized carbons (Fsp3) is 0.444. The first-order valence-electron chi connectivity index (χ1n) is 15.5. The van der Waals surface area contributed by atoms with Gasteiger partial charge in [0.05, 0.1) is 0 Å². The molecule has 0 N–H and O–H groups in total. The number of benzene rings is 2. The van der Waals surface area contributed by atoms with Crippen LogP contribution in [-0.2, 0) is 21.1 Å². The van der Waals surface area contributed by atoms with E-state index in [1.165, 1.54) is 17.0 Å². The van der Waals surface area contributed by atoms with E-state index in [1.54, 1.807) is 0 Å². The summed E-state index contributed by atoms with van der Waals surface area (Å²) >= 11 is -4.37. The van der Waals surface area contributed by atoms with Crippen molar-refractivity contribution in [1.29, 1.82) is 0 Å². The fourth-order valence-electron chi connectivity index (χ4n) is 5.68. The van der Waals surface area contributed by atoms with Crippen molar-refractivity contribution in [2.24, 2.45) is 0 Å². The van der Waals surface area contributed by atoms with E-state index in [-0.39, 0.29) is 11.2 Å². The molecule has 0 atom stereocenters. The molecular formula is C36H52O4Si2Zr. The van der Waals surface area contributed by atoms with Gasteiger partial charge in [-0.25, -0.2) is 0 Å².